The number of nitrogens with zero attached hydrogens (tertiary/aromatic N) is 3. The van der Waals surface area contributed by atoms with Crippen LogP contribution in [-0.2, 0) is 13.0 Å². The second-order valence-corrected chi connectivity index (χ2v) is 8.00. The number of ether oxygens (including phenoxy) is 2. The molecule has 3 aromatic carbocycles. The maximum Gasteiger partial charge on any atom is 0.282 e. The average Bonchev–Trinajstić information content (AvgIpc) is 2.83. The van der Waals surface area contributed by atoms with Crippen molar-refractivity contribution < 1.29 is 9.47 Å². The Morgan fingerprint density at radius 2 is 1.88 bits per heavy atom. The van der Waals surface area contributed by atoms with Gasteiger partial charge in [-0.25, -0.2) is 4.98 Å². The van der Waals surface area contributed by atoms with E-state index in [0.29, 0.717) is 41.3 Å². The van der Waals surface area contributed by atoms with E-state index in [-0.39, 0.29) is 5.56 Å². The summed E-state index contributed by atoms with van der Waals surface area (Å²) in [6.45, 7) is 2.39. The van der Waals surface area contributed by atoms with Gasteiger partial charge in [0.25, 0.3) is 5.56 Å². The molecular weight excluding hydrogens is 470 g/mol. The zero-order valence-corrected chi connectivity index (χ0v) is 19.4. The van der Waals surface area contributed by atoms with Crippen LogP contribution in [-0.4, -0.2) is 23.0 Å². The van der Waals surface area contributed by atoms with Crippen molar-refractivity contribution >= 4 is 33.0 Å². The molecule has 0 bridgehead atoms. The van der Waals surface area contributed by atoms with E-state index in [0.717, 1.165) is 15.6 Å². The highest BCUT2D eigenvalue weighted by molar-refractivity contribution is 9.10. The topological polar surface area (TPSA) is 65.7 Å². The van der Waals surface area contributed by atoms with Gasteiger partial charge in [-0.05, 0) is 47.5 Å². The Morgan fingerprint density at radius 3 is 2.62 bits per heavy atom. The first-order chi connectivity index (χ1) is 15.6. The van der Waals surface area contributed by atoms with Gasteiger partial charge in [-0.2, -0.15) is 9.78 Å². The molecule has 32 heavy (non-hydrogen) atoms. The lowest BCUT2D eigenvalue weighted by Gasteiger charge is -2.11. The Balaban J connectivity index is 1.62. The van der Waals surface area contributed by atoms with Crippen molar-refractivity contribution in [1.82, 2.24) is 9.66 Å². The first-order valence-electron chi connectivity index (χ1n) is 10.2. The molecule has 162 valence electrons. The van der Waals surface area contributed by atoms with Crippen molar-refractivity contribution in [3.05, 3.63) is 98.5 Å². The first kappa shape index (κ1) is 21.8. The Kier molecular flexibility index (Phi) is 6.66. The summed E-state index contributed by atoms with van der Waals surface area (Å²) in [5, 5.41) is 4.94. The molecule has 4 rings (SSSR count). The molecule has 0 aliphatic carbocycles. The summed E-state index contributed by atoms with van der Waals surface area (Å²) in [5.74, 6) is 1.82. The Labute approximate surface area is 194 Å². The fourth-order valence-electron chi connectivity index (χ4n) is 3.29. The molecule has 4 aromatic rings. The maximum atomic E-state index is 13.0. The van der Waals surface area contributed by atoms with Gasteiger partial charge in [-0.3, -0.25) is 4.79 Å². The molecule has 0 aliphatic rings. The Bertz CT molecular complexity index is 1330. The second kappa shape index (κ2) is 9.78. The summed E-state index contributed by atoms with van der Waals surface area (Å²) in [6, 6.07) is 20.9. The predicted molar refractivity (Wildman–Crippen MR) is 130 cm³/mol. The summed E-state index contributed by atoms with van der Waals surface area (Å²) >= 11 is 3.41. The summed E-state index contributed by atoms with van der Waals surface area (Å²) < 4.78 is 13.6. The van der Waals surface area contributed by atoms with Crippen LogP contribution in [0.4, 0.5) is 0 Å². The lowest BCUT2D eigenvalue weighted by Crippen LogP contribution is -2.22. The van der Waals surface area contributed by atoms with Crippen LogP contribution >= 0.6 is 15.9 Å². The highest BCUT2D eigenvalue weighted by Crippen LogP contribution is 2.28. The van der Waals surface area contributed by atoms with Crippen molar-refractivity contribution in [3.63, 3.8) is 0 Å². The molecule has 0 spiro atoms. The number of hydrogen-bond acceptors (Lipinski definition) is 5. The zero-order valence-electron chi connectivity index (χ0n) is 17.8. The quantitative estimate of drug-likeness (QED) is 0.333. The third-order valence-electron chi connectivity index (χ3n) is 4.94. The minimum absolute atomic E-state index is 0.209. The molecule has 0 N–H and O–H groups in total. The lowest BCUT2D eigenvalue weighted by molar-refractivity contribution is 0.284. The third-order valence-corrected chi connectivity index (χ3v) is 5.43. The predicted octanol–water partition coefficient (Wildman–Crippen LogP) is 5.19. The smallest absolute Gasteiger partial charge is 0.282 e. The number of benzene rings is 3. The standard InChI is InChI=1S/C25H22BrN3O3/c1-3-24-28-21-11-10-19(26)14-20(21)25(30)29(24)27-15-18-9-12-22(23(13-18)31-2)32-16-17-7-5-4-6-8-17/h4-15H,3,16H2,1-2H3. The van der Waals surface area contributed by atoms with E-state index >= 15 is 0 Å². The minimum atomic E-state index is -0.209. The van der Waals surface area contributed by atoms with E-state index in [1.165, 1.54) is 4.68 Å². The number of rotatable bonds is 7. The van der Waals surface area contributed by atoms with E-state index < -0.39 is 0 Å². The molecule has 6 nitrogen and oxygen atoms in total. The average molecular weight is 492 g/mol. The molecule has 0 radical (unpaired) electrons. The molecular formula is C25H22BrN3O3. The van der Waals surface area contributed by atoms with Crippen LogP contribution in [0.1, 0.15) is 23.9 Å². The highest BCUT2D eigenvalue weighted by atomic mass is 79.9. The molecule has 0 unspecified atom stereocenters. The van der Waals surface area contributed by atoms with Gasteiger partial charge in [0.15, 0.2) is 11.5 Å². The third kappa shape index (κ3) is 4.73. The number of hydrogen-bond donors (Lipinski definition) is 0. The SMILES string of the molecule is CCc1nc2ccc(Br)cc2c(=O)n1N=Cc1ccc(OCc2ccccc2)c(OC)c1. The molecule has 1 heterocycles. The van der Waals surface area contributed by atoms with E-state index in [1.54, 1.807) is 19.4 Å². The van der Waals surface area contributed by atoms with Crippen LogP contribution < -0.4 is 15.0 Å². The Hall–Kier alpha value is -3.45. The number of fused-ring (bicyclic) bond motifs is 1. The number of methoxy groups -OCH3 is 1. The van der Waals surface area contributed by atoms with Gasteiger partial charge in [-0.1, -0.05) is 53.2 Å². The fourth-order valence-corrected chi connectivity index (χ4v) is 3.65. The van der Waals surface area contributed by atoms with Gasteiger partial charge in [0, 0.05) is 10.9 Å². The summed E-state index contributed by atoms with van der Waals surface area (Å²) in [5.41, 5.74) is 2.29. The second-order valence-electron chi connectivity index (χ2n) is 7.09. The van der Waals surface area contributed by atoms with Crippen molar-refractivity contribution in [2.24, 2.45) is 5.10 Å². The summed E-state index contributed by atoms with van der Waals surface area (Å²) in [4.78, 5) is 17.6. The molecule has 7 heteroatoms. The molecule has 1 aromatic heterocycles. The van der Waals surface area contributed by atoms with Gasteiger partial charge >= 0.3 is 0 Å². The van der Waals surface area contributed by atoms with Crippen molar-refractivity contribution in [1.29, 1.82) is 0 Å². The molecule has 0 atom stereocenters. The van der Waals surface area contributed by atoms with Crippen molar-refractivity contribution in [2.45, 2.75) is 20.0 Å². The van der Waals surface area contributed by atoms with Crippen LogP contribution in [0.25, 0.3) is 10.9 Å². The molecule has 0 amide bonds. The van der Waals surface area contributed by atoms with Crippen molar-refractivity contribution in [2.75, 3.05) is 7.11 Å². The van der Waals surface area contributed by atoms with Gasteiger partial charge < -0.3 is 9.47 Å². The van der Waals surface area contributed by atoms with Crippen molar-refractivity contribution in [3.8, 4) is 11.5 Å². The van der Waals surface area contributed by atoms with E-state index in [4.69, 9.17) is 9.47 Å². The monoisotopic (exact) mass is 491 g/mol. The van der Waals surface area contributed by atoms with E-state index in [2.05, 4.69) is 26.0 Å². The highest BCUT2D eigenvalue weighted by Gasteiger charge is 2.10. The van der Waals surface area contributed by atoms with Crippen LogP contribution in [0.5, 0.6) is 11.5 Å². The number of aryl methyl sites for hydroxylation is 1. The first-order valence-corrected chi connectivity index (χ1v) is 11.0. The molecule has 0 saturated carbocycles. The van der Waals surface area contributed by atoms with Gasteiger partial charge in [0.1, 0.15) is 12.4 Å². The van der Waals surface area contributed by atoms with Crippen LogP contribution in [0.15, 0.2) is 81.1 Å². The maximum absolute atomic E-state index is 13.0. The molecule has 0 aliphatic heterocycles. The van der Waals surface area contributed by atoms with Gasteiger partial charge in [0.05, 0.1) is 24.2 Å². The van der Waals surface area contributed by atoms with E-state index in [9.17, 15) is 4.79 Å². The Morgan fingerprint density at radius 1 is 1.06 bits per heavy atom. The summed E-state index contributed by atoms with van der Waals surface area (Å²) in [7, 11) is 1.59. The normalized spacial score (nSPS) is 11.2. The molecule has 0 saturated heterocycles. The minimum Gasteiger partial charge on any atom is -0.493 e. The largest absolute Gasteiger partial charge is 0.493 e. The van der Waals surface area contributed by atoms with Crippen LogP contribution in [0.3, 0.4) is 0 Å². The van der Waals surface area contributed by atoms with Crippen LogP contribution in [0, 0.1) is 0 Å². The summed E-state index contributed by atoms with van der Waals surface area (Å²) in [6.07, 6.45) is 2.20. The van der Waals surface area contributed by atoms with E-state index in [1.807, 2.05) is 67.6 Å². The van der Waals surface area contributed by atoms with Crippen LogP contribution in [0.2, 0.25) is 0 Å². The van der Waals surface area contributed by atoms with Gasteiger partial charge in [-0.15, -0.1) is 0 Å². The number of aromatic nitrogens is 2. The molecule has 0 fully saturated rings. The fraction of sp³-hybridized carbons (Fsp3) is 0.160. The van der Waals surface area contributed by atoms with Gasteiger partial charge in [0.2, 0.25) is 0 Å². The zero-order chi connectivity index (χ0) is 22.5. The lowest BCUT2D eigenvalue weighted by atomic mass is 10.2. The number of halogens is 1.